The van der Waals surface area contributed by atoms with Crippen molar-refractivity contribution in [2.24, 2.45) is 0 Å². The monoisotopic (exact) mass is 353 g/mol. The number of Topliss-reactive ketones (excluding diaryl/α,β-unsaturated/α-hetero) is 1. The minimum atomic E-state index is -0.871. The molecule has 1 aliphatic heterocycles. The average molecular weight is 353 g/mol. The van der Waals surface area contributed by atoms with Gasteiger partial charge in [0.05, 0.1) is 12.7 Å². The zero-order chi connectivity index (χ0) is 18.4. The van der Waals surface area contributed by atoms with Gasteiger partial charge in [0.2, 0.25) is 0 Å². The first-order valence-electron chi connectivity index (χ1n) is 9.24. The Morgan fingerprint density at radius 1 is 1.08 bits per heavy atom. The summed E-state index contributed by atoms with van der Waals surface area (Å²) >= 11 is 0. The van der Waals surface area contributed by atoms with Crippen LogP contribution in [-0.2, 0) is 6.42 Å². The number of rotatable bonds is 7. The Kier molecular flexibility index (Phi) is 6.07. The van der Waals surface area contributed by atoms with Crippen LogP contribution in [0.4, 0.5) is 0 Å². The summed E-state index contributed by atoms with van der Waals surface area (Å²) in [6.45, 7) is 2.62. The van der Waals surface area contributed by atoms with Crippen LogP contribution in [-0.4, -0.2) is 48.1 Å². The van der Waals surface area contributed by atoms with Crippen molar-refractivity contribution in [3.63, 3.8) is 0 Å². The van der Waals surface area contributed by atoms with Crippen molar-refractivity contribution in [1.29, 1.82) is 0 Å². The van der Waals surface area contributed by atoms with Gasteiger partial charge in [-0.2, -0.15) is 0 Å². The molecular weight excluding hydrogens is 326 g/mol. The highest BCUT2D eigenvalue weighted by molar-refractivity contribution is 5.96. The van der Waals surface area contributed by atoms with Crippen LogP contribution < -0.4 is 4.74 Å². The van der Waals surface area contributed by atoms with Crippen molar-refractivity contribution in [2.75, 3.05) is 26.7 Å². The molecule has 0 spiro atoms. The molecule has 0 aromatic heterocycles. The van der Waals surface area contributed by atoms with Gasteiger partial charge in [0.15, 0.2) is 5.78 Å². The van der Waals surface area contributed by atoms with E-state index in [1.807, 2.05) is 42.5 Å². The Balaban J connectivity index is 1.46. The number of aliphatic hydroxyl groups is 1. The van der Waals surface area contributed by atoms with Crippen molar-refractivity contribution in [3.8, 4) is 5.75 Å². The van der Waals surface area contributed by atoms with Gasteiger partial charge in [0, 0.05) is 31.6 Å². The zero-order valence-corrected chi connectivity index (χ0v) is 15.4. The van der Waals surface area contributed by atoms with Crippen LogP contribution >= 0.6 is 0 Å². The predicted molar refractivity (Wildman–Crippen MR) is 103 cm³/mol. The van der Waals surface area contributed by atoms with Crippen LogP contribution in [0.1, 0.15) is 35.2 Å². The number of hydrogen-bond acceptors (Lipinski definition) is 4. The largest absolute Gasteiger partial charge is 0.497 e. The van der Waals surface area contributed by atoms with E-state index in [2.05, 4.69) is 17.0 Å². The van der Waals surface area contributed by atoms with Gasteiger partial charge in [-0.15, -0.1) is 0 Å². The number of piperidine rings is 1. The van der Waals surface area contributed by atoms with Gasteiger partial charge in [-0.1, -0.05) is 42.5 Å². The molecule has 2 aromatic rings. The number of carbonyl (C=O) groups is 1. The molecule has 0 radical (unpaired) electrons. The molecule has 1 N–H and O–H groups in total. The Bertz CT molecular complexity index is 704. The van der Waals surface area contributed by atoms with Crippen molar-refractivity contribution >= 4 is 5.78 Å². The number of nitrogens with zero attached hydrogens (tertiary/aromatic N) is 1. The number of ether oxygens (including phenoxy) is 1. The molecule has 1 heterocycles. The molecule has 0 unspecified atom stereocenters. The van der Waals surface area contributed by atoms with E-state index in [0.717, 1.165) is 31.8 Å². The van der Waals surface area contributed by atoms with E-state index in [1.165, 1.54) is 5.56 Å². The molecule has 0 atom stereocenters. The van der Waals surface area contributed by atoms with Gasteiger partial charge in [-0.3, -0.25) is 4.79 Å². The summed E-state index contributed by atoms with van der Waals surface area (Å²) in [6, 6.07) is 17.4. The Morgan fingerprint density at radius 3 is 2.35 bits per heavy atom. The van der Waals surface area contributed by atoms with Crippen LogP contribution in [0, 0.1) is 0 Å². The maximum absolute atomic E-state index is 12.4. The van der Waals surface area contributed by atoms with E-state index in [-0.39, 0.29) is 12.2 Å². The SMILES string of the molecule is COc1ccc(CCN2CCC(O)(CC(=O)c3ccccc3)CC2)cc1. The highest BCUT2D eigenvalue weighted by Gasteiger charge is 2.34. The topological polar surface area (TPSA) is 49.8 Å². The molecule has 0 aliphatic carbocycles. The number of benzene rings is 2. The fraction of sp³-hybridized carbons (Fsp3) is 0.409. The second kappa shape index (κ2) is 8.47. The van der Waals surface area contributed by atoms with Crippen LogP contribution in [0.25, 0.3) is 0 Å². The fourth-order valence-corrected chi connectivity index (χ4v) is 3.47. The molecule has 0 saturated carbocycles. The van der Waals surface area contributed by atoms with Crippen LogP contribution in [0.5, 0.6) is 5.75 Å². The van der Waals surface area contributed by atoms with E-state index < -0.39 is 5.60 Å². The zero-order valence-electron chi connectivity index (χ0n) is 15.4. The summed E-state index contributed by atoms with van der Waals surface area (Å²) in [7, 11) is 1.67. The number of methoxy groups -OCH3 is 1. The van der Waals surface area contributed by atoms with Crippen LogP contribution in [0.2, 0.25) is 0 Å². The lowest BCUT2D eigenvalue weighted by atomic mass is 9.85. The summed E-state index contributed by atoms with van der Waals surface area (Å²) in [4.78, 5) is 14.7. The first kappa shape index (κ1) is 18.6. The van der Waals surface area contributed by atoms with Crippen molar-refractivity contribution < 1.29 is 14.6 Å². The molecule has 1 fully saturated rings. The van der Waals surface area contributed by atoms with Crippen LogP contribution in [0.3, 0.4) is 0 Å². The second-order valence-electron chi connectivity index (χ2n) is 7.13. The molecule has 0 bridgehead atoms. The van der Waals surface area contributed by atoms with Gasteiger partial charge in [0.1, 0.15) is 5.75 Å². The maximum atomic E-state index is 12.4. The van der Waals surface area contributed by atoms with Gasteiger partial charge >= 0.3 is 0 Å². The van der Waals surface area contributed by atoms with E-state index in [1.54, 1.807) is 7.11 Å². The standard InChI is InChI=1S/C22H27NO3/c1-26-20-9-7-18(8-10-20)11-14-23-15-12-22(25,13-16-23)17-21(24)19-5-3-2-4-6-19/h2-10,25H,11-17H2,1H3. The average Bonchev–Trinajstić information content (AvgIpc) is 2.68. The second-order valence-corrected chi connectivity index (χ2v) is 7.13. The molecule has 1 aliphatic rings. The molecule has 26 heavy (non-hydrogen) atoms. The Hall–Kier alpha value is -2.17. The lowest BCUT2D eigenvalue weighted by Crippen LogP contribution is -2.46. The summed E-state index contributed by atoms with van der Waals surface area (Å²) in [5.74, 6) is 0.902. The molecule has 3 rings (SSSR count). The fourth-order valence-electron chi connectivity index (χ4n) is 3.47. The third-order valence-corrected chi connectivity index (χ3v) is 5.25. The highest BCUT2D eigenvalue weighted by atomic mass is 16.5. The first-order chi connectivity index (χ1) is 12.6. The molecular formula is C22H27NO3. The summed E-state index contributed by atoms with van der Waals surface area (Å²) in [6.07, 6.45) is 2.48. The first-order valence-corrected chi connectivity index (χ1v) is 9.24. The van der Waals surface area contributed by atoms with Crippen molar-refractivity contribution in [3.05, 3.63) is 65.7 Å². The third kappa shape index (κ3) is 4.93. The van der Waals surface area contributed by atoms with E-state index in [4.69, 9.17) is 4.74 Å². The van der Waals surface area contributed by atoms with Crippen LogP contribution in [0.15, 0.2) is 54.6 Å². The van der Waals surface area contributed by atoms with Gasteiger partial charge in [-0.25, -0.2) is 0 Å². The van der Waals surface area contributed by atoms with Gasteiger partial charge in [0.25, 0.3) is 0 Å². The lowest BCUT2D eigenvalue weighted by Gasteiger charge is -2.38. The predicted octanol–water partition coefficient (Wildman–Crippen LogP) is 3.34. The summed E-state index contributed by atoms with van der Waals surface area (Å²) in [5, 5.41) is 10.8. The lowest BCUT2D eigenvalue weighted by molar-refractivity contribution is -0.0221. The third-order valence-electron chi connectivity index (χ3n) is 5.25. The molecule has 0 amide bonds. The summed E-state index contributed by atoms with van der Waals surface area (Å²) < 4.78 is 5.18. The quantitative estimate of drug-likeness (QED) is 0.776. The highest BCUT2D eigenvalue weighted by Crippen LogP contribution is 2.27. The smallest absolute Gasteiger partial charge is 0.165 e. The minimum Gasteiger partial charge on any atom is -0.497 e. The molecule has 1 saturated heterocycles. The van der Waals surface area contributed by atoms with Gasteiger partial charge in [-0.05, 0) is 37.0 Å². The number of carbonyl (C=O) groups excluding carboxylic acids is 1. The van der Waals surface area contributed by atoms with Crippen molar-refractivity contribution in [2.45, 2.75) is 31.3 Å². The van der Waals surface area contributed by atoms with Crippen molar-refractivity contribution in [1.82, 2.24) is 4.90 Å². The Morgan fingerprint density at radius 2 is 1.73 bits per heavy atom. The minimum absolute atomic E-state index is 0.0276. The molecule has 4 nitrogen and oxygen atoms in total. The number of likely N-dealkylation sites (tertiary alicyclic amines) is 1. The van der Waals surface area contributed by atoms with Gasteiger partial charge < -0.3 is 14.7 Å². The van der Waals surface area contributed by atoms with E-state index >= 15 is 0 Å². The summed E-state index contributed by atoms with van der Waals surface area (Å²) in [5.41, 5.74) is 1.09. The number of ketones is 1. The number of hydrogen-bond donors (Lipinski definition) is 1. The van der Waals surface area contributed by atoms with E-state index in [9.17, 15) is 9.90 Å². The normalized spacial score (nSPS) is 17.0. The molecule has 2 aromatic carbocycles. The molecule has 138 valence electrons. The maximum Gasteiger partial charge on any atom is 0.165 e. The molecule has 4 heteroatoms. The Labute approximate surface area is 155 Å². The van der Waals surface area contributed by atoms with E-state index in [0.29, 0.717) is 18.4 Å².